The first-order valence-electron chi connectivity index (χ1n) is 10.9. The molecule has 3 aliphatic carbocycles. The summed E-state index contributed by atoms with van der Waals surface area (Å²) in [7, 11) is 0. The van der Waals surface area contributed by atoms with Crippen LogP contribution >= 0.6 is 0 Å². The maximum Gasteiger partial charge on any atom is 0.326 e. The third-order valence-electron chi connectivity index (χ3n) is 6.87. The van der Waals surface area contributed by atoms with Gasteiger partial charge < -0.3 is 10.1 Å². The Balaban J connectivity index is 1.59. The van der Waals surface area contributed by atoms with Gasteiger partial charge in [-0.15, -0.1) is 0 Å². The molecule has 5 rings (SSSR count). The van der Waals surface area contributed by atoms with Crippen LogP contribution in [0.1, 0.15) is 39.2 Å². The van der Waals surface area contributed by atoms with Crippen LogP contribution in [-0.2, 0) is 0 Å². The molecule has 2 amide bonds. The molecule has 0 aromatic heterocycles. The van der Waals surface area contributed by atoms with Crippen molar-refractivity contribution in [3.05, 3.63) is 65.7 Å². The Morgan fingerprint density at radius 1 is 1.26 bits per heavy atom. The molecule has 0 heterocycles. The van der Waals surface area contributed by atoms with Crippen LogP contribution in [0.5, 0.6) is 5.75 Å². The van der Waals surface area contributed by atoms with Crippen LogP contribution in [0.2, 0.25) is 0 Å². The SMILES string of the molecule is CCOc1ccc(N(CC2=CC[C@@H]3C[C@H]2C3(C)C)C(=O)Nc2cccc(C#N)c2)cc1. The topological polar surface area (TPSA) is 65.4 Å². The maximum atomic E-state index is 13.4. The number of allylic oxidation sites excluding steroid dienone is 1. The smallest absolute Gasteiger partial charge is 0.326 e. The van der Waals surface area contributed by atoms with Gasteiger partial charge in [0.1, 0.15) is 5.75 Å². The van der Waals surface area contributed by atoms with Crippen LogP contribution in [0.25, 0.3) is 0 Å². The van der Waals surface area contributed by atoms with Crippen LogP contribution in [0.3, 0.4) is 0 Å². The Kier molecular flexibility index (Phi) is 5.73. The maximum absolute atomic E-state index is 13.4. The molecule has 1 N–H and O–H groups in total. The Morgan fingerprint density at radius 3 is 2.68 bits per heavy atom. The lowest BCUT2D eigenvalue weighted by Crippen LogP contribution is -2.50. The molecule has 0 unspecified atom stereocenters. The number of hydrogen-bond donors (Lipinski definition) is 1. The van der Waals surface area contributed by atoms with E-state index in [4.69, 9.17) is 10.00 Å². The van der Waals surface area contributed by atoms with E-state index in [1.54, 1.807) is 29.2 Å². The highest BCUT2D eigenvalue weighted by molar-refractivity contribution is 6.02. The number of hydrogen-bond acceptors (Lipinski definition) is 3. The minimum atomic E-state index is -0.209. The zero-order chi connectivity index (χ0) is 22.0. The lowest BCUT2D eigenvalue weighted by molar-refractivity contribution is -0.00666. The van der Waals surface area contributed by atoms with Gasteiger partial charge in [-0.3, -0.25) is 4.90 Å². The summed E-state index contributed by atoms with van der Waals surface area (Å²) in [4.78, 5) is 15.1. The van der Waals surface area contributed by atoms with Crippen LogP contribution in [0, 0.1) is 28.6 Å². The lowest BCUT2D eigenvalue weighted by atomic mass is 9.49. The third kappa shape index (κ3) is 4.16. The zero-order valence-electron chi connectivity index (χ0n) is 18.4. The van der Waals surface area contributed by atoms with Gasteiger partial charge in [-0.2, -0.15) is 5.26 Å². The van der Waals surface area contributed by atoms with E-state index in [0.717, 1.165) is 23.8 Å². The number of carbonyl (C=O) groups is 1. The van der Waals surface area contributed by atoms with E-state index in [1.807, 2.05) is 31.2 Å². The molecule has 0 radical (unpaired) electrons. The molecule has 3 aliphatic rings. The second-order valence-electron chi connectivity index (χ2n) is 8.96. The molecule has 0 spiro atoms. The molecule has 5 heteroatoms. The largest absolute Gasteiger partial charge is 0.494 e. The quantitative estimate of drug-likeness (QED) is 0.590. The Hall–Kier alpha value is -3.26. The fourth-order valence-corrected chi connectivity index (χ4v) is 4.87. The van der Waals surface area contributed by atoms with E-state index in [-0.39, 0.29) is 6.03 Å². The van der Waals surface area contributed by atoms with Crippen molar-refractivity contribution in [1.29, 1.82) is 5.26 Å². The van der Waals surface area contributed by atoms with Gasteiger partial charge in [0, 0.05) is 17.9 Å². The van der Waals surface area contributed by atoms with Gasteiger partial charge >= 0.3 is 6.03 Å². The Morgan fingerprint density at radius 2 is 2.03 bits per heavy atom. The van der Waals surface area contributed by atoms with Gasteiger partial charge in [0.2, 0.25) is 0 Å². The molecule has 2 aromatic carbocycles. The number of anilines is 2. The molecule has 0 aliphatic heterocycles. The van der Waals surface area contributed by atoms with E-state index in [2.05, 4.69) is 31.3 Å². The van der Waals surface area contributed by atoms with E-state index in [0.29, 0.717) is 35.7 Å². The minimum absolute atomic E-state index is 0.209. The van der Waals surface area contributed by atoms with E-state index >= 15 is 0 Å². The van der Waals surface area contributed by atoms with E-state index < -0.39 is 0 Å². The highest BCUT2D eigenvalue weighted by Gasteiger charge is 2.51. The molecule has 2 aromatic rings. The predicted molar refractivity (Wildman–Crippen MR) is 123 cm³/mol. The Bertz CT molecular complexity index is 1030. The van der Waals surface area contributed by atoms with Gasteiger partial charge in [0.05, 0.1) is 18.2 Å². The van der Waals surface area contributed by atoms with Crippen LogP contribution in [-0.4, -0.2) is 19.2 Å². The van der Waals surface area contributed by atoms with Crippen molar-refractivity contribution in [2.75, 3.05) is 23.4 Å². The molecule has 160 valence electrons. The van der Waals surface area contributed by atoms with E-state index in [9.17, 15) is 4.79 Å². The first-order chi connectivity index (χ1) is 14.9. The molecule has 2 atom stereocenters. The molecule has 5 nitrogen and oxygen atoms in total. The van der Waals surface area contributed by atoms with Crippen molar-refractivity contribution in [2.24, 2.45) is 17.3 Å². The third-order valence-corrected chi connectivity index (χ3v) is 6.87. The van der Waals surface area contributed by atoms with Gasteiger partial charge in [0.15, 0.2) is 0 Å². The molecule has 1 saturated carbocycles. The second kappa shape index (κ2) is 8.47. The first kappa shape index (κ1) is 21.0. The summed E-state index contributed by atoms with van der Waals surface area (Å²) in [5.74, 6) is 2.06. The number of carbonyl (C=O) groups excluding carboxylic acids is 1. The van der Waals surface area contributed by atoms with Gasteiger partial charge in [-0.05, 0) is 79.5 Å². The first-order valence-corrected chi connectivity index (χ1v) is 10.9. The standard InChI is InChI=1S/C26H29N3O2/c1-4-31-23-12-10-22(11-13-23)29(17-19-8-9-20-15-24(19)26(20,2)3)25(30)28-21-7-5-6-18(14-21)16-27/h5-8,10-14,20,24H,4,9,15,17H2,1-3H3,(H,28,30)/t20-,24-/m1/s1. The zero-order valence-corrected chi connectivity index (χ0v) is 18.4. The number of ether oxygens (including phenoxy) is 1. The Labute approximate surface area is 184 Å². The normalized spacial score (nSPS) is 20.6. The van der Waals surface area contributed by atoms with Crippen molar-refractivity contribution in [2.45, 2.75) is 33.6 Å². The average Bonchev–Trinajstić information content (AvgIpc) is 2.78. The molecule has 2 bridgehead atoms. The van der Waals surface area contributed by atoms with Crippen molar-refractivity contribution >= 4 is 17.4 Å². The highest BCUT2D eigenvalue weighted by atomic mass is 16.5. The fraction of sp³-hybridized carbons (Fsp3) is 0.385. The van der Waals surface area contributed by atoms with Gasteiger partial charge in [-0.1, -0.05) is 31.6 Å². The summed E-state index contributed by atoms with van der Waals surface area (Å²) in [6.07, 6.45) is 4.62. The summed E-state index contributed by atoms with van der Waals surface area (Å²) < 4.78 is 5.56. The van der Waals surface area contributed by atoms with Crippen molar-refractivity contribution in [3.63, 3.8) is 0 Å². The number of amides is 2. The average molecular weight is 416 g/mol. The number of nitriles is 1. The van der Waals surface area contributed by atoms with Crippen molar-refractivity contribution in [3.8, 4) is 11.8 Å². The molecular formula is C26H29N3O2. The van der Waals surface area contributed by atoms with E-state index in [1.165, 1.54) is 12.0 Å². The van der Waals surface area contributed by atoms with Gasteiger partial charge in [0.25, 0.3) is 0 Å². The van der Waals surface area contributed by atoms with Crippen LogP contribution < -0.4 is 15.0 Å². The summed E-state index contributed by atoms with van der Waals surface area (Å²) >= 11 is 0. The van der Waals surface area contributed by atoms with Gasteiger partial charge in [-0.25, -0.2) is 4.79 Å². The number of fused-ring (bicyclic) bond motifs is 1. The predicted octanol–water partition coefficient (Wildman–Crippen LogP) is 5.99. The second-order valence-corrected chi connectivity index (χ2v) is 8.96. The highest BCUT2D eigenvalue weighted by Crippen LogP contribution is 2.59. The number of benzene rings is 2. The summed E-state index contributed by atoms with van der Waals surface area (Å²) in [5, 5.41) is 12.1. The minimum Gasteiger partial charge on any atom is -0.494 e. The van der Waals surface area contributed by atoms with Crippen molar-refractivity contribution < 1.29 is 9.53 Å². The summed E-state index contributed by atoms with van der Waals surface area (Å²) in [6.45, 7) is 7.79. The molecule has 31 heavy (non-hydrogen) atoms. The number of nitrogens with one attached hydrogen (secondary N) is 1. The lowest BCUT2D eigenvalue weighted by Gasteiger charge is -2.57. The van der Waals surface area contributed by atoms with Crippen molar-refractivity contribution in [1.82, 2.24) is 0 Å². The molecule has 0 saturated heterocycles. The summed E-state index contributed by atoms with van der Waals surface area (Å²) in [6, 6.07) is 16.5. The number of nitrogens with zero attached hydrogens (tertiary/aromatic N) is 2. The van der Waals surface area contributed by atoms with Crippen LogP contribution in [0.15, 0.2) is 60.2 Å². The monoisotopic (exact) mass is 415 g/mol. The van der Waals surface area contributed by atoms with Crippen LogP contribution in [0.4, 0.5) is 16.2 Å². The molecule has 1 fully saturated rings. The fourth-order valence-electron chi connectivity index (χ4n) is 4.87. The summed E-state index contributed by atoms with van der Waals surface area (Å²) in [5.41, 5.74) is 3.58. The number of urea groups is 1. The molecular weight excluding hydrogens is 386 g/mol. The number of rotatable bonds is 6.